The minimum atomic E-state index is -0.508. The maximum absolute atomic E-state index is 12.3. The van der Waals surface area contributed by atoms with Crippen LogP contribution in [0.3, 0.4) is 0 Å². The number of nitrogens with zero attached hydrogens (tertiary/aromatic N) is 1. The molecule has 1 N–H and O–H groups in total. The number of para-hydroxylation sites is 2. The highest BCUT2D eigenvalue weighted by Gasteiger charge is 2.42. The third kappa shape index (κ3) is 3.42. The Bertz CT molecular complexity index is 993. The molecule has 1 saturated carbocycles. The average Bonchev–Trinajstić information content (AvgIpc) is 3.27. The van der Waals surface area contributed by atoms with E-state index in [4.69, 9.17) is 13.9 Å². The quantitative estimate of drug-likeness (QED) is 0.626. The summed E-state index contributed by atoms with van der Waals surface area (Å²) < 4.78 is 17.8. The van der Waals surface area contributed by atoms with E-state index in [-0.39, 0.29) is 11.7 Å². The van der Waals surface area contributed by atoms with E-state index in [1.165, 1.54) is 18.2 Å². The number of carbonyl (C=O) groups excluding carboxylic acids is 1. The van der Waals surface area contributed by atoms with Crippen molar-refractivity contribution in [2.75, 3.05) is 11.1 Å². The SMILES string of the molecule is O=C(CSc1nc2ccccc2o1)Nc1ccc2c(c1)OC1(CCCCC1)O2. The van der Waals surface area contributed by atoms with E-state index in [0.29, 0.717) is 16.7 Å². The molecule has 1 aliphatic heterocycles. The summed E-state index contributed by atoms with van der Waals surface area (Å²) in [5, 5.41) is 3.39. The zero-order chi connectivity index (χ0) is 19.0. The second-order valence-corrected chi connectivity index (χ2v) is 8.05. The Balaban J connectivity index is 1.21. The standard InChI is InChI=1S/C21H20N2O4S/c24-19(13-28-20-23-15-6-2-3-7-16(15)25-20)22-14-8-9-17-18(12-14)27-21(26-17)10-4-1-5-11-21/h2-3,6-9,12H,1,4-5,10-11,13H2,(H,22,24). The molecule has 0 unspecified atom stereocenters. The van der Waals surface area contributed by atoms with Crippen molar-refractivity contribution < 1.29 is 18.7 Å². The van der Waals surface area contributed by atoms with Crippen molar-refractivity contribution in [1.82, 2.24) is 4.98 Å². The molecule has 1 amide bonds. The van der Waals surface area contributed by atoms with E-state index >= 15 is 0 Å². The van der Waals surface area contributed by atoms with Gasteiger partial charge in [-0.15, -0.1) is 0 Å². The van der Waals surface area contributed by atoms with Gasteiger partial charge < -0.3 is 19.2 Å². The first kappa shape index (κ1) is 17.4. The third-order valence-electron chi connectivity index (χ3n) is 5.04. The van der Waals surface area contributed by atoms with E-state index in [1.54, 1.807) is 0 Å². The van der Waals surface area contributed by atoms with Gasteiger partial charge >= 0.3 is 0 Å². The Morgan fingerprint density at radius 3 is 2.75 bits per heavy atom. The minimum Gasteiger partial charge on any atom is -0.448 e. The lowest BCUT2D eigenvalue weighted by Gasteiger charge is -2.31. The summed E-state index contributed by atoms with van der Waals surface area (Å²) in [4.78, 5) is 16.7. The van der Waals surface area contributed by atoms with Gasteiger partial charge in [-0.1, -0.05) is 30.3 Å². The van der Waals surface area contributed by atoms with Crippen molar-refractivity contribution in [2.24, 2.45) is 0 Å². The molecule has 1 fully saturated rings. The van der Waals surface area contributed by atoms with Crippen molar-refractivity contribution in [2.45, 2.75) is 43.1 Å². The summed E-state index contributed by atoms with van der Waals surface area (Å²) in [5.41, 5.74) is 2.20. The fourth-order valence-electron chi connectivity index (χ4n) is 3.70. The summed E-state index contributed by atoms with van der Waals surface area (Å²) in [5.74, 6) is 1.03. The van der Waals surface area contributed by atoms with Crippen molar-refractivity contribution in [3.63, 3.8) is 0 Å². The Hall–Kier alpha value is -2.67. The van der Waals surface area contributed by atoms with E-state index in [0.717, 1.165) is 42.5 Å². The molecule has 2 heterocycles. The molecule has 1 aromatic heterocycles. The van der Waals surface area contributed by atoms with Crippen LogP contribution in [0.15, 0.2) is 52.1 Å². The second kappa shape index (κ2) is 7.05. The first-order chi connectivity index (χ1) is 13.7. The van der Waals surface area contributed by atoms with Crippen molar-refractivity contribution >= 4 is 34.5 Å². The molecule has 0 saturated heterocycles. The fourth-order valence-corrected chi connectivity index (χ4v) is 4.34. The lowest BCUT2D eigenvalue weighted by atomic mass is 9.94. The largest absolute Gasteiger partial charge is 0.448 e. The van der Waals surface area contributed by atoms with Gasteiger partial charge in [0.25, 0.3) is 11.0 Å². The number of amides is 1. The molecule has 2 aromatic carbocycles. The Morgan fingerprint density at radius 1 is 1.07 bits per heavy atom. The third-order valence-corrected chi connectivity index (χ3v) is 5.86. The Morgan fingerprint density at radius 2 is 1.89 bits per heavy atom. The maximum Gasteiger partial charge on any atom is 0.257 e. The molecule has 0 radical (unpaired) electrons. The van der Waals surface area contributed by atoms with Crippen molar-refractivity contribution in [3.05, 3.63) is 42.5 Å². The zero-order valence-corrected chi connectivity index (χ0v) is 16.1. The first-order valence-corrected chi connectivity index (χ1v) is 10.5. The molecular weight excluding hydrogens is 376 g/mol. The number of carbonyl (C=O) groups is 1. The van der Waals surface area contributed by atoms with Gasteiger partial charge in [-0.25, -0.2) is 4.98 Å². The maximum atomic E-state index is 12.3. The number of thioether (sulfide) groups is 1. The number of anilines is 1. The molecule has 1 aliphatic carbocycles. The van der Waals surface area contributed by atoms with Crippen LogP contribution in [0.2, 0.25) is 0 Å². The molecule has 6 nitrogen and oxygen atoms in total. The normalized spacial score (nSPS) is 17.1. The van der Waals surface area contributed by atoms with Crippen LogP contribution in [0.5, 0.6) is 11.5 Å². The van der Waals surface area contributed by atoms with E-state index in [9.17, 15) is 4.79 Å². The molecule has 1 spiro atoms. The molecule has 2 aliphatic rings. The number of hydrogen-bond acceptors (Lipinski definition) is 6. The first-order valence-electron chi connectivity index (χ1n) is 9.49. The van der Waals surface area contributed by atoms with Crippen LogP contribution in [0.1, 0.15) is 32.1 Å². The van der Waals surface area contributed by atoms with E-state index in [1.807, 2.05) is 42.5 Å². The smallest absolute Gasteiger partial charge is 0.257 e. The molecule has 144 valence electrons. The predicted octanol–water partition coefficient (Wildman–Crippen LogP) is 4.99. The van der Waals surface area contributed by atoms with Gasteiger partial charge in [0.15, 0.2) is 17.1 Å². The average molecular weight is 396 g/mol. The summed E-state index contributed by atoms with van der Waals surface area (Å²) in [6, 6.07) is 13.1. The van der Waals surface area contributed by atoms with Gasteiger partial charge in [0, 0.05) is 24.6 Å². The van der Waals surface area contributed by atoms with Crippen molar-refractivity contribution in [3.8, 4) is 11.5 Å². The van der Waals surface area contributed by atoms with E-state index in [2.05, 4.69) is 10.3 Å². The topological polar surface area (TPSA) is 73.6 Å². The second-order valence-electron chi connectivity index (χ2n) is 7.12. The number of ether oxygens (including phenoxy) is 2. The molecule has 0 atom stereocenters. The number of nitrogens with one attached hydrogen (secondary N) is 1. The monoisotopic (exact) mass is 396 g/mol. The van der Waals surface area contributed by atoms with Gasteiger partial charge in [-0.2, -0.15) is 0 Å². The predicted molar refractivity (Wildman–Crippen MR) is 107 cm³/mol. The van der Waals surface area contributed by atoms with Crippen LogP contribution in [0.25, 0.3) is 11.1 Å². The summed E-state index contributed by atoms with van der Waals surface area (Å²) in [6.45, 7) is 0. The van der Waals surface area contributed by atoms with E-state index < -0.39 is 5.79 Å². The van der Waals surface area contributed by atoms with Crippen LogP contribution < -0.4 is 14.8 Å². The Labute approximate surface area is 166 Å². The number of rotatable bonds is 4. The van der Waals surface area contributed by atoms with Crippen LogP contribution >= 0.6 is 11.8 Å². The number of benzene rings is 2. The van der Waals surface area contributed by atoms with Gasteiger partial charge in [-0.3, -0.25) is 4.79 Å². The number of aromatic nitrogens is 1. The summed E-state index contributed by atoms with van der Waals surface area (Å²) >= 11 is 1.27. The lowest BCUT2D eigenvalue weighted by molar-refractivity contribution is -0.113. The van der Waals surface area contributed by atoms with Crippen LogP contribution in [-0.4, -0.2) is 22.4 Å². The molecule has 7 heteroatoms. The minimum absolute atomic E-state index is 0.126. The molecule has 28 heavy (non-hydrogen) atoms. The zero-order valence-electron chi connectivity index (χ0n) is 15.3. The van der Waals surface area contributed by atoms with Crippen LogP contribution in [0.4, 0.5) is 5.69 Å². The number of oxazole rings is 1. The molecule has 3 aromatic rings. The lowest BCUT2D eigenvalue weighted by Crippen LogP contribution is -2.40. The molecule has 0 bridgehead atoms. The summed E-state index contributed by atoms with van der Waals surface area (Å²) in [6.07, 6.45) is 5.27. The Kier molecular flexibility index (Phi) is 4.39. The summed E-state index contributed by atoms with van der Waals surface area (Å²) in [7, 11) is 0. The molecule has 5 rings (SSSR count). The highest BCUT2D eigenvalue weighted by molar-refractivity contribution is 7.99. The van der Waals surface area contributed by atoms with Gasteiger partial charge in [0.2, 0.25) is 5.91 Å². The number of hydrogen-bond donors (Lipinski definition) is 1. The van der Waals surface area contributed by atoms with Gasteiger partial charge in [-0.05, 0) is 37.1 Å². The van der Waals surface area contributed by atoms with Gasteiger partial charge in [0.1, 0.15) is 5.52 Å². The van der Waals surface area contributed by atoms with Crippen LogP contribution in [0, 0.1) is 0 Å². The van der Waals surface area contributed by atoms with Crippen molar-refractivity contribution in [1.29, 1.82) is 0 Å². The fraction of sp³-hybridized carbons (Fsp3) is 0.333. The van der Waals surface area contributed by atoms with Gasteiger partial charge in [0.05, 0.1) is 5.75 Å². The van der Waals surface area contributed by atoms with Crippen LogP contribution in [-0.2, 0) is 4.79 Å². The molecular formula is C21H20N2O4S. The highest BCUT2D eigenvalue weighted by atomic mass is 32.2. The number of fused-ring (bicyclic) bond motifs is 2. The highest BCUT2D eigenvalue weighted by Crippen LogP contribution is 2.46.